The number of aliphatic imine (C=N–C) groups is 1. The number of hydrogen-bond acceptors (Lipinski definition) is 4. The van der Waals surface area contributed by atoms with Crippen LogP contribution in [-0.2, 0) is 6.54 Å². The molecule has 1 heterocycles. The van der Waals surface area contributed by atoms with Gasteiger partial charge in [0.05, 0.1) is 17.0 Å². The summed E-state index contributed by atoms with van der Waals surface area (Å²) in [7, 11) is 0. The lowest BCUT2D eigenvalue weighted by molar-refractivity contribution is -0.385. The first-order chi connectivity index (χ1) is 13.6. The number of guanidine groups is 1. The predicted octanol–water partition coefficient (Wildman–Crippen LogP) is 3.86. The van der Waals surface area contributed by atoms with E-state index in [0.717, 1.165) is 26.1 Å². The molecule has 2 aromatic rings. The average molecular weight is 509 g/mol. The van der Waals surface area contributed by atoms with E-state index in [1.54, 1.807) is 18.2 Å². The Bertz CT molecular complexity index is 841. The first-order valence-corrected chi connectivity index (χ1v) is 9.65. The van der Waals surface area contributed by atoms with Crippen molar-refractivity contribution in [1.82, 2.24) is 10.6 Å². The van der Waals surface area contributed by atoms with E-state index in [9.17, 15) is 10.1 Å². The van der Waals surface area contributed by atoms with E-state index in [0.29, 0.717) is 11.5 Å². The highest BCUT2D eigenvalue weighted by Crippen LogP contribution is 2.21. The van der Waals surface area contributed by atoms with E-state index in [4.69, 9.17) is 0 Å². The van der Waals surface area contributed by atoms with Crippen molar-refractivity contribution in [3.05, 3.63) is 69.8 Å². The van der Waals surface area contributed by atoms with Gasteiger partial charge in [-0.2, -0.15) is 0 Å². The smallest absolute Gasteiger partial charge is 0.274 e. The number of nitrogens with zero attached hydrogens (tertiary/aromatic N) is 3. The zero-order chi connectivity index (χ0) is 19.9. The van der Waals surface area contributed by atoms with Gasteiger partial charge in [0.2, 0.25) is 0 Å². The molecule has 1 fully saturated rings. The number of hydrogen-bond donors (Lipinski definition) is 2. The lowest BCUT2D eigenvalue weighted by Gasteiger charge is -2.20. The Labute approximate surface area is 188 Å². The van der Waals surface area contributed by atoms with Gasteiger partial charge in [0.1, 0.15) is 0 Å². The monoisotopic (exact) mass is 509 g/mol. The summed E-state index contributed by atoms with van der Waals surface area (Å²) in [6.45, 7) is 6.99. The molecule has 0 bridgehead atoms. The minimum Gasteiger partial charge on any atom is -0.369 e. The highest BCUT2D eigenvalue weighted by molar-refractivity contribution is 14.0. The summed E-state index contributed by atoms with van der Waals surface area (Å²) in [5.41, 5.74) is 3.21. The van der Waals surface area contributed by atoms with Crippen LogP contribution in [0.2, 0.25) is 0 Å². The molecule has 0 aliphatic carbocycles. The van der Waals surface area contributed by atoms with Crippen molar-refractivity contribution in [3.63, 3.8) is 0 Å². The van der Waals surface area contributed by atoms with Crippen LogP contribution < -0.4 is 15.5 Å². The zero-order valence-electron chi connectivity index (χ0n) is 16.8. The summed E-state index contributed by atoms with van der Waals surface area (Å²) in [6.07, 6.45) is 1.02. The van der Waals surface area contributed by atoms with Gasteiger partial charge in [-0.05, 0) is 32.4 Å². The molecule has 1 unspecified atom stereocenters. The number of nitro groups is 1. The summed E-state index contributed by atoms with van der Waals surface area (Å²) < 4.78 is 0. The standard InChI is InChI=1S/C21H27N5O2.HI/c1-3-22-21(23-14-17-6-4-5-7-20(17)26(27)28)24-18-12-13-25(15-18)19-10-8-16(2)9-11-19;/h4-11,18H,3,12-15H2,1-2H3,(H2,22,23,24);1H. The SMILES string of the molecule is CCNC(=NCc1ccccc1[N+](=O)[O-])NC1CCN(c2ccc(C)cc2)C1.I. The summed E-state index contributed by atoms with van der Waals surface area (Å²) in [6, 6.07) is 15.6. The summed E-state index contributed by atoms with van der Waals surface area (Å²) in [4.78, 5) is 17.8. The van der Waals surface area contributed by atoms with E-state index in [-0.39, 0.29) is 47.2 Å². The van der Waals surface area contributed by atoms with E-state index >= 15 is 0 Å². The van der Waals surface area contributed by atoms with Gasteiger partial charge >= 0.3 is 0 Å². The molecule has 1 aliphatic rings. The molecule has 0 saturated carbocycles. The van der Waals surface area contributed by atoms with Gasteiger partial charge in [0.25, 0.3) is 5.69 Å². The van der Waals surface area contributed by atoms with Crippen LogP contribution in [0, 0.1) is 17.0 Å². The number of benzene rings is 2. The van der Waals surface area contributed by atoms with Crippen LogP contribution in [0.1, 0.15) is 24.5 Å². The summed E-state index contributed by atoms with van der Waals surface area (Å²) >= 11 is 0. The number of aryl methyl sites for hydroxylation is 1. The van der Waals surface area contributed by atoms with E-state index in [1.165, 1.54) is 17.3 Å². The number of para-hydroxylation sites is 1. The Morgan fingerprint density at radius 2 is 1.97 bits per heavy atom. The maximum atomic E-state index is 11.2. The molecular formula is C21H28IN5O2. The molecule has 29 heavy (non-hydrogen) atoms. The normalized spacial score (nSPS) is 16.3. The Hall–Kier alpha value is -2.36. The van der Waals surface area contributed by atoms with Crippen molar-refractivity contribution in [2.24, 2.45) is 4.99 Å². The van der Waals surface area contributed by atoms with Crippen LogP contribution in [0.4, 0.5) is 11.4 Å². The Morgan fingerprint density at radius 1 is 1.24 bits per heavy atom. The topological polar surface area (TPSA) is 82.8 Å². The molecule has 1 aliphatic heterocycles. The quantitative estimate of drug-likeness (QED) is 0.203. The van der Waals surface area contributed by atoms with Crippen molar-refractivity contribution in [1.29, 1.82) is 0 Å². The third-order valence-electron chi connectivity index (χ3n) is 4.87. The second-order valence-electron chi connectivity index (χ2n) is 6.99. The molecule has 0 amide bonds. The highest BCUT2D eigenvalue weighted by Gasteiger charge is 2.23. The van der Waals surface area contributed by atoms with Crippen molar-refractivity contribution in [3.8, 4) is 0 Å². The molecule has 156 valence electrons. The molecule has 7 nitrogen and oxygen atoms in total. The molecule has 8 heteroatoms. The second-order valence-corrected chi connectivity index (χ2v) is 6.99. The maximum Gasteiger partial charge on any atom is 0.274 e. The number of anilines is 1. The molecule has 3 rings (SSSR count). The van der Waals surface area contributed by atoms with Crippen LogP contribution in [0.15, 0.2) is 53.5 Å². The summed E-state index contributed by atoms with van der Waals surface area (Å²) in [5.74, 6) is 0.691. The third kappa shape index (κ3) is 6.31. The van der Waals surface area contributed by atoms with Crippen molar-refractivity contribution in [2.75, 3.05) is 24.5 Å². The van der Waals surface area contributed by atoms with Gasteiger partial charge < -0.3 is 15.5 Å². The zero-order valence-corrected chi connectivity index (χ0v) is 19.1. The number of nitrogens with one attached hydrogen (secondary N) is 2. The lowest BCUT2D eigenvalue weighted by atomic mass is 10.2. The van der Waals surface area contributed by atoms with Crippen LogP contribution in [0.25, 0.3) is 0 Å². The molecule has 2 aromatic carbocycles. The minimum atomic E-state index is -0.359. The molecule has 0 aromatic heterocycles. The van der Waals surface area contributed by atoms with Gasteiger partial charge in [0.15, 0.2) is 5.96 Å². The fourth-order valence-corrected chi connectivity index (χ4v) is 3.37. The number of halogens is 1. The van der Waals surface area contributed by atoms with Gasteiger partial charge in [-0.3, -0.25) is 10.1 Å². The molecular weight excluding hydrogens is 481 g/mol. The maximum absolute atomic E-state index is 11.2. The van der Waals surface area contributed by atoms with Crippen LogP contribution in [0.5, 0.6) is 0 Å². The van der Waals surface area contributed by atoms with Gasteiger partial charge in [-0.1, -0.05) is 35.9 Å². The minimum absolute atomic E-state index is 0. The van der Waals surface area contributed by atoms with Crippen LogP contribution in [0.3, 0.4) is 0 Å². The Kier molecular flexibility index (Phi) is 8.69. The number of rotatable bonds is 6. The first-order valence-electron chi connectivity index (χ1n) is 9.65. The predicted molar refractivity (Wildman–Crippen MR) is 128 cm³/mol. The van der Waals surface area contributed by atoms with Crippen molar-refractivity contribution < 1.29 is 4.92 Å². The fraction of sp³-hybridized carbons (Fsp3) is 0.381. The largest absolute Gasteiger partial charge is 0.369 e. The molecule has 0 radical (unpaired) electrons. The number of nitro benzene ring substituents is 1. The van der Waals surface area contributed by atoms with Gasteiger partial charge in [0, 0.05) is 37.4 Å². The fourth-order valence-electron chi connectivity index (χ4n) is 3.37. The van der Waals surface area contributed by atoms with Gasteiger partial charge in [-0.15, -0.1) is 24.0 Å². The molecule has 1 atom stereocenters. The van der Waals surface area contributed by atoms with Crippen LogP contribution in [-0.4, -0.2) is 36.6 Å². The Balaban J connectivity index is 0.00000300. The summed E-state index contributed by atoms with van der Waals surface area (Å²) in [5, 5.41) is 17.9. The first kappa shape index (κ1) is 22.9. The average Bonchev–Trinajstić information content (AvgIpc) is 3.15. The van der Waals surface area contributed by atoms with E-state index in [2.05, 4.69) is 51.7 Å². The molecule has 2 N–H and O–H groups in total. The molecule has 0 spiro atoms. The third-order valence-corrected chi connectivity index (χ3v) is 4.87. The van der Waals surface area contributed by atoms with Crippen molar-refractivity contribution >= 4 is 41.3 Å². The highest BCUT2D eigenvalue weighted by atomic mass is 127. The second kappa shape index (κ2) is 11.0. The van der Waals surface area contributed by atoms with E-state index in [1.807, 2.05) is 6.92 Å². The Morgan fingerprint density at radius 3 is 2.66 bits per heavy atom. The molecule has 1 saturated heterocycles. The van der Waals surface area contributed by atoms with E-state index < -0.39 is 0 Å². The van der Waals surface area contributed by atoms with Gasteiger partial charge in [-0.25, -0.2) is 4.99 Å². The van der Waals surface area contributed by atoms with Crippen LogP contribution >= 0.6 is 24.0 Å². The lowest BCUT2D eigenvalue weighted by Crippen LogP contribution is -2.44. The van der Waals surface area contributed by atoms with Crippen molar-refractivity contribution in [2.45, 2.75) is 32.9 Å².